The van der Waals surface area contributed by atoms with Gasteiger partial charge in [0.2, 0.25) is 5.16 Å². The summed E-state index contributed by atoms with van der Waals surface area (Å²) in [7, 11) is 0. The van der Waals surface area contributed by atoms with E-state index < -0.39 is 0 Å². The molecule has 128 valence electrons. The first-order valence-corrected chi connectivity index (χ1v) is 9.32. The van der Waals surface area contributed by atoms with Crippen LogP contribution in [0.4, 0.5) is 0 Å². The van der Waals surface area contributed by atoms with Crippen LogP contribution in [0.15, 0.2) is 64.9 Å². The first-order valence-electron chi connectivity index (χ1n) is 8.10. The molecule has 0 amide bonds. The third-order valence-corrected chi connectivity index (χ3v) is 4.30. The van der Waals surface area contributed by atoms with Crippen LogP contribution in [-0.2, 0) is 13.0 Å². The third kappa shape index (κ3) is 4.28. The van der Waals surface area contributed by atoms with E-state index in [-0.39, 0.29) is 0 Å². The van der Waals surface area contributed by atoms with E-state index in [1.54, 1.807) is 4.68 Å². The summed E-state index contributed by atoms with van der Waals surface area (Å²) in [6, 6.07) is 17.9. The number of hydrogen-bond donors (Lipinski definition) is 0. The molecule has 2 aromatic carbocycles. The Morgan fingerprint density at radius 1 is 1.08 bits per heavy atom. The van der Waals surface area contributed by atoms with E-state index in [1.165, 1.54) is 11.8 Å². The molecule has 0 aliphatic rings. The minimum Gasteiger partial charge on any atom is -0.489 e. The SMILES string of the molecule is CCc1nnc(SC)n1/N=C\c1ccccc1COc1ccccc1. The van der Waals surface area contributed by atoms with Crippen molar-refractivity contribution in [3.63, 3.8) is 0 Å². The van der Waals surface area contributed by atoms with Gasteiger partial charge in [0.25, 0.3) is 0 Å². The lowest BCUT2D eigenvalue weighted by molar-refractivity contribution is 0.306. The average Bonchev–Trinajstić information content (AvgIpc) is 3.08. The summed E-state index contributed by atoms with van der Waals surface area (Å²) in [5.41, 5.74) is 2.09. The lowest BCUT2D eigenvalue weighted by Gasteiger charge is -2.08. The van der Waals surface area contributed by atoms with E-state index in [0.29, 0.717) is 6.61 Å². The Kier molecular flexibility index (Phi) is 5.85. The summed E-state index contributed by atoms with van der Waals surface area (Å²) in [5.74, 6) is 1.70. The number of nitrogens with zero attached hydrogens (tertiary/aromatic N) is 4. The number of para-hydroxylation sites is 1. The zero-order valence-electron chi connectivity index (χ0n) is 14.3. The van der Waals surface area contributed by atoms with Crippen LogP contribution in [0.25, 0.3) is 0 Å². The van der Waals surface area contributed by atoms with E-state index in [4.69, 9.17) is 4.74 Å². The number of rotatable bonds is 7. The van der Waals surface area contributed by atoms with E-state index in [2.05, 4.69) is 15.3 Å². The molecule has 0 spiro atoms. The number of aryl methyl sites for hydroxylation is 1. The molecule has 0 atom stereocenters. The van der Waals surface area contributed by atoms with Gasteiger partial charge in [-0.1, -0.05) is 61.2 Å². The van der Waals surface area contributed by atoms with Gasteiger partial charge >= 0.3 is 0 Å². The topological polar surface area (TPSA) is 52.3 Å². The Hall–Kier alpha value is -2.60. The fraction of sp³-hybridized carbons (Fsp3) is 0.211. The van der Waals surface area contributed by atoms with Gasteiger partial charge in [-0.2, -0.15) is 9.78 Å². The van der Waals surface area contributed by atoms with Crippen LogP contribution >= 0.6 is 11.8 Å². The molecule has 1 aromatic heterocycles. The van der Waals surface area contributed by atoms with Crippen molar-refractivity contribution in [2.24, 2.45) is 5.10 Å². The maximum Gasteiger partial charge on any atom is 0.211 e. The molecular formula is C19H20N4OS. The molecular weight excluding hydrogens is 332 g/mol. The van der Waals surface area contributed by atoms with Crippen LogP contribution < -0.4 is 4.74 Å². The van der Waals surface area contributed by atoms with Crippen molar-refractivity contribution in [2.45, 2.75) is 25.1 Å². The normalized spacial score (nSPS) is 11.1. The number of aromatic nitrogens is 3. The van der Waals surface area contributed by atoms with Crippen LogP contribution in [0.3, 0.4) is 0 Å². The standard InChI is InChI=1S/C19H20N4OS/c1-3-18-21-22-19(25-2)23(18)20-13-15-9-7-8-10-16(15)14-24-17-11-5-4-6-12-17/h4-13H,3,14H2,1-2H3/b20-13-. The Balaban J connectivity index is 1.80. The van der Waals surface area contributed by atoms with Gasteiger partial charge in [-0.25, -0.2) is 0 Å². The fourth-order valence-electron chi connectivity index (χ4n) is 2.35. The smallest absolute Gasteiger partial charge is 0.211 e. The predicted octanol–water partition coefficient (Wildman–Crippen LogP) is 4.02. The molecule has 0 saturated heterocycles. The lowest BCUT2D eigenvalue weighted by Crippen LogP contribution is -2.02. The Morgan fingerprint density at radius 3 is 2.60 bits per heavy atom. The lowest BCUT2D eigenvalue weighted by atomic mass is 10.1. The summed E-state index contributed by atoms with van der Waals surface area (Å²) in [6.45, 7) is 2.53. The van der Waals surface area contributed by atoms with Crippen LogP contribution in [0.5, 0.6) is 5.75 Å². The van der Waals surface area contributed by atoms with Gasteiger partial charge in [-0.05, 0) is 24.0 Å². The van der Waals surface area contributed by atoms with Gasteiger partial charge < -0.3 is 4.74 Å². The summed E-state index contributed by atoms with van der Waals surface area (Å²) >= 11 is 1.53. The zero-order valence-corrected chi connectivity index (χ0v) is 15.1. The second-order valence-electron chi connectivity index (χ2n) is 5.31. The highest BCUT2D eigenvalue weighted by molar-refractivity contribution is 7.98. The molecule has 5 nitrogen and oxygen atoms in total. The Labute approximate surface area is 151 Å². The molecule has 25 heavy (non-hydrogen) atoms. The van der Waals surface area contributed by atoms with Gasteiger partial charge in [0.1, 0.15) is 12.4 Å². The zero-order chi connectivity index (χ0) is 17.5. The number of benzene rings is 2. The number of thioether (sulfide) groups is 1. The first-order chi connectivity index (χ1) is 12.3. The van der Waals surface area contributed by atoms with E-state index in [1.807, 2.05) is 74.0 Å². The molecule has 0 bridgehead atoms. The highest BCUT2D eigenvalue weighted by atomic mass is 32.2. The molecule has 0 N–H and O–H groups in total. The molecule has 6 heteroatoms. The van der Waals surface area contributed by atoms with Gasteiger partial charge in [0.15, 0.2) is 5.82 Å². The second-order valence-corrected chi connectivity index (χ2v) is 6.09. The van der Waals surface area contributed by atoms with Crippen molar-refractivity contribution in [1.29, 1.82) is 0 Å². The molecule has 3 aromatic rings. The summed E-state index contributed by atoms with van der Waals surface area (Å²) in [6.07, 6.45) is 4.59. The molecule has 0 radical (unpaired) electrons. The molecule has 0 aliphatic heterocycles. The second kappa shape index (κ2) is 8.48. The van der Waals surface area contributed by atoms with Crippen LogP contribution in [0.1, 0.15) is 23.9 Å². The van der Waals surface area contributed by atoms with E-state index in [9.17, 15) is 0 Å². The highest BCUT2D eigenvalue weighted by Crippen LogP contribution is 2.16. The van der Waals surface area contributed by atoms with Gasteiger partial charge in [-0.15, -0.1) is 10.2 Å². The van der Waals surface area contributed by atoms with Crippen molar-refractivity contribution in [3.05, 3.63) is 71.5 Å². The largest absolute Gasteiger partial charge is 0.489 e. The number of ether oxygens (including phenoxy) is 1. The van der Waals surface area contributed by atoms with Crippen LogP contribution in [0, 0.1) is 0 Å². The minimum absolute atomic E-state index is 0.490. The first kappa shape index (κ1) is 17.2. The molecule has 3 rings (SSSR count). The highest BCUT2D eigenvalue weighted by Gasteiger charge is 2.08. The molecule has 0 saturated carbocycles. The molecule has 1 heterocycles. The minimum atomic E-state index is 0.490. The van der Waals surface area contributed by atoms with Crippen molar-refractivity contribution in [2.75, 3.05) is 6.26 Å². The van der Waals surface area contributed by atoms with Gasteiger partial charge in [0, 0.05) is 12.0 Å². The summed E-state index contributed by atoms with van der Waals surface area (Å²) < 4.78 is 7.65. The van der Waals surface area contributed by atoms with Crippen molar-refractivity contribution < 1.29 is 4.74 Å². The third-order valence-electron chi connectivity index (χ3n) is 3.68. The summed E-state index contributed by atoms with van der Waals surface area (Å²) in [4.78, 5) is 0. The molecule has 0 fully saturated rings. The van der Waals surface area contributed by atoms with E-state index >= 15 is 0 Å². The van der Waals surface area contributed by atoms with E-state index in [0.717, 1.165) is 34.3 Å². The number of hydrogen-bond acceptors (Lipinski definition) is 5. The van der Waals surface area contributed by atoms with Crippen LogP contribution in [-0.4, -0.2) is 27.3 Å². The fourth-order valence-corrected chi connectivity index (χ4v) is 2.80. The van der Waals surface area contributed by atoms with Gasteiger partial charge in [-0.3, -0.25) is 0 Å². The van der Waals surface area contributed by atoms with Crippen LogP contribution in [0.2, 0.25) is 0 Å². The Morgan fingerprint density at radius 2 is 1.84 bits per heavy atom. The van der Waals surface area contributed by atoms with Crippen molar-refractivity contribution >= 4 is 18.0 Å². The predicted molar refractivity (Wildman–Crippen MR) is 101 cm³/mol. The molecule has 0 aliphatic carbocycles. The maximum absolute atomic E-state index is 5.86. The van der Waals surface area contributed by atoms with Crippen molar-refractivity contribution in [1.82, 2.24) is 14.9 Å². The monoisotopic (exact) mass is 352 g/mol. The Bertz CT molecular complexity index is 824. The average molecular weight is 352 g/mol. The van der Waals surface area contributed by atoms with Gasteiger partial charge in [0.05, 0.1) is 6.21 Å². The summed E-state index contributed by atoms with van der Waals surface area (Å²) in [5, 5.41) is 13.7. The maximum atomic E-state index is 5.86. The van der Waals surface area contributed by atoms with Crippen molar-refractivity contribution in [3.8, 4) is 5.75 Å². The molecule has 0 unspecified atom stereocenters. The quantitative estimate of drug-likeness (QED) is 0.476.